The summed E-state index contributed by atoms with van der Waals surface area (Å²) < 4.78 is 12.0. The normalized spacial score (nSPS) is 14.1. The molecule has 0 bridgehead atoms. The first kappa shape index (κ1) is 10.8. The van der Waals surface area contributed by atoms with Gasteiger partial charge in [-0.25, -0.2) is 0 Å². The summed E-state index contributed by atoms with van der Waals surface area (Å²) in [6.45, 7) is 3.33. The largest absolute Gasteiger partial charge is 0.486 e. The summed E-state index contributed by atoms with van der Waals surface area (Å²) in [5.41, 5.74) is 2.20. The highest BCUT2D eigenvalue weighted by Crippen LogP contribution is 2.41. The summed E-state index contributed by atoms with van der Waals surface area (Å²) in [5, 5.41) is 8.95. The van der Waals surface area contributed by atoms with E-state index in [1.54, 1.807) is 0 Å². The lowest BCUT2D eigenvalue weighted by Gasteiger charge is -2.22. The number of hydrogen-bond acceptors (Lipinski definition) is 3. The summed E-state index contributed by atoms with van der Waals surface area (Å²) in [6, 6.07) is 1.95. The molecule has 82 valence electrons. The minimum Gasteiger partial charge on any atom is -0.486 e. The van der Waals surface area contributed by atoms with Crippen LogP contribution in [0.15, 0.2) is 10.5 Å². The second-order valence-corrected chi connectivity index (χ2v) is 4.27. The standard InChI is InChI=1S/C11H13BrO3/c1-7-8(2-3-13)6-9-11(10(7)12)15-5-4-14-9/h6,13H,2-5H2,1H3. The molecular formula is C11H13BrO3. The van der Waals surface area contributed by atoms with Gasteiger partial charge < -0.3 is 14.6 Å². The molecule has 1 aliphatic heterocycles. The highest BCUT2D eigenvalue weighted by atomic mass is 79.9. The fraction of sp³-hybridized carbons (Fsp3) is 0.455. The van der Waals surface area contributed by atoms with Crippen molar-refractivity contribution >= 4 is 15.9 Å². The SMILES string of the molecule is Cc1c(CCO)cc2c(c1Br)OCCO2. The molecule has 15 heavy (non-hydrogen) atoms. The molecule has 1 aromatic carbocycles. The Hall–Kier alpha value is -0.740. The summed E-state index contributed by atoms with van der Waals surface area (Å²) in [5.74, 6) is 1.54. The van der Waals surface area contributed by atoms with Gasteiger partial charge in [-0.2, -0.15) is 0 Å². The lowest BCUT2D eigenvalue weighted by Crippen LogP contribution is -2.16. The van der Waals surface area contributed by atoms with E-state index in [9.17, 15) is 0 Å². The van der Waals surface area contributed by atoms with Crippen molar-refractivity contribution in [3.05, 3.63) is 21.7 Å². The van der Waals surface area contributed by atoms with Gasteiger partial charge >= 0.3 is 0 Å². The van der Waals surface area contributed by atoms with E-state index in [-0.39, 0.29) is 6.61 Å². The van der Waals surface area contributed by atoms with Gasteiger partial charge in [0.15, 0.2) is 11.5 Å². The number of hydrogen-bond donors (Lipinski definition) is 1. The van der Waals surface area contributed by atoms with E-state index in [1.165, 1.54) is 0 Å². The number of halogens is 1. The molecule has 0 unspecified atom stereocenters. The van der Waals surface area contributed by atoms with Gasteiger partial charge in [0.05, 0.1) is 4.47 Å². The first-order chi connectivity index (χ1) is 7.24. The van der Waals surface area contributed by atoms with Gasteiger partial charge in [0, 0.05) is 6.61 Å². The van der Waals surface area contributed by atoms with Crippen LogP contribution in [0.25, 0.3) is 0 Å². The monoisotopic (exact) mass is 272 g/mol. The van der Waals surface area contributed by atoms with E-state index in [2.05, 4.69) is 15.9 Å². The Labute approximate surface area is 97.1 Å². The number of aliphatic hydroxyl groups is 1. The maximum absolute atomic E-state index is 8.95. The fourth-order valence-corrected chi connectivity index (χ4v) is 2.23. The van der Waals surface area contributed by atoms with Crippen LogP contribution in [0.2, 0.25) is 0 Å². The zero-order valence-electron chi connectivity index (χ0n) is 8.55. The smallest absolute Gasteiger partial charge is 0.175 e. The van der Waals surface area contributed by atoms with Crippen LogP contribution >= 0.6 is 15.9 Å². The van der Waals surface area contributed by atoms with Gasteiger partial charge in [-0.15, -0.1) is 0 Å². The van der Waals surface area contributed by atoms with Crippen LogP contribution in [0.5, 0.6) is 11.5 Å². The van der Waals surface area contributed by atoms with Crippen LogP contribution in [0, 0.1) is 6.92 Å². The van der Waals surface area contributed by atoms with Gasteiger partial charge in [-0.1, -0.05) is 0 Å². The van der Waals surface area contributed by atoms with E-state index in [0.717, 1.165) is 27.1 Å². The van der Waals surface area contributed by atoms with Crippen molar-refractivity contribution in [1.82, 2.24) is 0 Å². The summed E-state index contributed by atoms with van der Waals surface area (Å²) in [6.07, 6.45) is 0.640. The first-order valence-corrected chi connectivity index (χ1v) is 5.71. The summed E-state index contributed by atoms with van der Waals surface area (Å²) in [4.78, 5) is 0. The molecule has 0 atom stereocenters. The van der Waals surface area contributed by atoms with Gasteiger partial charge in [0.1, 0.15) is 13.2 Å². The second kappa shape index (κ2) is 4.41. The van der Waals surface area contributed by atoms with E-state index in [1.807, 2.05) is 13.0 Å². The van der Waals surface area contributed by atoms with Gasteiger partial charge in [0.25, 0.3) is 0 Å². The lowest BCUT2D eigenvalue weighted by atomic mass is 10.0. The van der Waals surface area contributed by atoms with Crippen LogP contribution in [0.3, 0.4) is 0 Å². The number of aliphatic hydroxyl groups excluding tert-OH is 1. The zero-order valence-corrected chi connectivity index (χ0v) is 10.1. The van der Waals surface area contributed by atoms with E-state index < -0.39 is 0 Å². The number of benzene rings is 1. The topological polar surface area (TPSA) is 38.7 Å². The molecule has 0 fully saturated rings. The minimum atomic E-state index is 0.146. The van der Waals surface area contributed by atoms with Gasteiger partial charge in [-0.05, 0) is 46.5 Å². The summed E-state index contributed by atoms with van der Waals surface area (Å²) in [7, 11) is 0. The average Bonchev–Trinajstić information content (AvgIpc) is 2.26. The van der Waals surface area contributed by atoms with Crippen LogP contribution in [-0.4, -0.2) is 24.9 Å². The van der Waals surface area contributed by atoms with Crippen LogP contribution in [0.1, 0.15) is 11.1 Å². The molecule has 2 rings (SSSR count). The Bertz CT molecular complexity index is 377. The molecule has 0 saturated heterocycles. The quantitative estimate of drug-likeness (QED) is 0.896. The third-order valence-corrected chi connectivity index (χ3v) is 3.46. The number of rotatable bonds is 2. The highest BCUT2D eigenvalue weighted by molar-refractivity contribution is 9.10. The molecule has 1 aliphatic rings. The third-order valence-electron chi connectivity index (χ3n) is 2.51. The minimum absolute atomic E-state index is 0.146. The third kappa shape index (κ3) is 1.96. The maximum Gasteiger partial charge on any atom is 0.175 e. The first-order valence-electron chi connectivity index (χ1n) is 4.92. The molecule has 0 aromatic heterocycles. The van der Waals surface area contributed by atoms with Crippen molar-refractivity contribution in [3.63, 3.8) is 0 Å². The predicted octanol–water partition coefficient (Wildman–Crippen LogP) is 2.06. The molecular weight excluding hydrogens is 260 g/mol. The molecule has 3 nitrogen and oxygen atoms in total. The van der Waals surface area contributed by atoms with Crippen LogP contribution in [0.4, 0.5) is 0 Å². The highest BCUT2D eigenvalue weighted by Gasteiger charge is 2.19. The predicted molar refractivity (Wildman–Crippen MR) is 60.7 cm³/mol. The average molecular weight is 273 g/mol. The Morgan fingerprint density at radius 3 is 2.87 bits per heavy atom. The van der Waals surface area contributed by atoms with E-state index in [4.69, 9.17) is 14.6 Å². The molecule has 0 radical (unpaired) electrons. The van der Waals surface area contributed by atoms with Crippen molar-refractivity contribution in [2.75, 3.05) is 19.8 Å². The molecule has 1 heterocycles. The summed E-state index contributed by atoms with van der Waals surface area (Å²) >= 11 is 3.50. The molecule has 0 saturated carbocycles. The Kier molecular flexibility index (Phi) is 3.17. The van der Waals surface area contributed by atoms with Gasteiger partial charge in [0.2, 0.25) is 0 Å². The Balaban J connectivity index is 2.47. The molecule has 1 N–H and O–H groups in total. The molecule has 1 aromatic rings. The molecule has 4 heteroatoms. The number of ether oxygens (including phenoxy) is 2. The van der Waals surface area contributed by atoms with Crippen LogP contribution < -0.4 is 9.47 Å². The maximum atomic E-state index is 8.95. The second-order valence-electron chi connectivity index (χ2n) is 3.47. The van der Waals surface area contributed by atoms with Crippen molar-refractivity contribution in [1.29, 1.82) is 0 Å². The van der Waals surface area contributed by atoms with Crippen molar-refractivity contribution in [2.24, 2.45) is 0 Å². The van der Waals surface area contributed by atoms with E-state index >= 15 is 0 Å². The zero-order chi connectivity index (χ0) is 10.8. The Morgan fingerprint density at radius 1 is 1.40 bits per heavy atom. The van der Waals surface area contributed by atoms with Crippen molar-refractivity contribution < 1.29 is 14.6 Å². The molecule has 0 spiro atoms. The molecule has 0 aliphatic carbocycles. The van der Waals surface area contributed by atoms with E-state index in [0.29, 0.717) is 19.6 Å². The Morgan fingerprint density at radius 2 is 2.13 bits per heavy atom. The fourth-order valence-electron chi connectivity index (χ4n) is 1.67. The van der Waals surface area contributed by atoms with Crippen molar-refractivity contribution in [3.8, 4) is 11.5 Å². The van der Waals surface area contributed by atoms with Crippen molar-refractivity contribution in [2.45, 2.75) is 13.3 Å². The van der Waals surface area contributed by atoms with Gasteiger partial charge in [-0.3, -0.25) is 0 Å². The molecule has 0 amide bonds. The van der Waals surface area contributed by atoms with Crippen LogP contribution in [-0.2, 0) is 6.42 Å². The number of fused-ring (bicyclic) bond motifs is 1. The lowest BCUT2D eigenvalue weighted by molar-refractivity contribution is 0.170.